The van der Waals surface area contributed by atoms with Crippen molar-refractivity contribution in [1.29, 1.82) is 0 Å². The molecule has 9 heteroatoms. The Morgan fingerprint density at radius 1 is 1.12 bits per heavy atom. The molecule has 0 atom stereocenters. The molecule has 0 radical (unpaired) electrons. The number of hydrogen-bond acceptors (Lipinski definition) is 5. The van der Waals surface area contributed by atoms with E-state index in [9.17, 15) is 18.4 Å². The molecule has 0 bridgehead atoms. The average Bonchev–Trinajstić information content (AvgIpc) is 3.05. The van der Waals surface area contributed by atoms with E-state index in [2.05, 4.69) is 24.1 Å². The summed E-state index contributed by atoms with van der Waals surface area (Å²) >= 11 is 0. The van der Waals surface area contributed by atoms with Crippen molar-refractivity contribution in [3.8, 4) is 0 Å². The molecule has 2 aromatic rings. The summed E-state index contributed by atoms with van der Waals surface area (Å²) in [7, 11) is 0. The van der Waals surface area contributed by atoms with Crippen molar-refractivity contribution < 1.29 is 18.4 Å². The number of carbonyl (C=O) groups is 2. The molecule has 1 saturated heterocycles. The molecular formula is C24H27F2N5O2. The lowest BCUT2D eigenvalue weighted by molar-refractivity contribution is -0.133. The van der Waals surface area contributed by atoms with Gasteiger partial charge in [-0.15, -0.1) is 0 Å². The fourth-order valence-electron chi connectivity index (χ4n) is 5.81. The van der Waals surface area contributed by atoms with E-state index in [-0.39, 0.29) is 28.3 Å². The van der Waals surface area contributed by atoms with Gasteiger partial charge in [-0.1, -0.05) is 13.8 Å². The molecule has 1 aliphatic carbocycles. The molecule has 2 fully saturated rings. The van der Waals surface area contributed by atoms with E-state index < -0.39 is 17.2 Å². The molecule has 1 saturated carbocycles. The quantitative estimate of drug-likeness (QED) is 0.752. The van der Waals surface area contributed by atoms with E-state index >= 15 is 0 Å². The van der Waals surface area contributed by atoms with Crippen LogP contribution in [0.5, 0.6) is 0 Å². The number of amides is 2. The number of halogens is 2. The Morgan fingerprint density at radius 2 is 1.85 bits per heavy atom. The van der Waals surface area contributed by atoms with Crippen LogP contribution in [0.3, 0.4) is 0 Å². The molecular weight excluding hydrogens is 428 g/mol. The van der Waals surface area contributed by atoms with Crippen LogP contribution in [-0.2, 0) is 10.2 Å². The maximum atomic E-state index is 14.0. The Balaban J connectivity index is 1.55. The monoisotopic (exact) mass is 455 g/mol. The SMILES string of the molecule is CC1(C)CC2(CN(c3ccc(F)c(F)c3)c3ncc(C(=O)N4CCNC(=O)C4(C)C)nc32)C1. The largest absolute Gasteiger partial charge is 0.352 e. The van der Waals surface area contributed by atoms with Crippen LogP contribution >= 0.6 is 0 Å². The highest BCUT2D eigenvalue weighted by molar-refractivity contribution is 5.98. The fraction of sp³-hybridized carbons (Fsp3) is 0.500. The Bertz CT molecular complexity index is 1170. The predicted molar refractivity (Wildman–Crippen MR) is 118 cm³/mol. The number of rotatable bonds is 2. The van der Waals surface area contributed by atoms with Crippen molar-refractivity contribution in [2.24, 2.45) is 5.41 Å². The lowest BCUT2D eigenvalue weighted by Gasteiger charge is -2.51. The van der Waals surface area contributed by atoms with E-state index in [0.717, 1.165) is 25.0 Å². The third-order valence-corrected chi connectivity index (χ3v) is 7.14. The van der Waals surface area contributed by atoms with Gasteiger partial charge in [0, 0.05) is 36.8 Å². The maximum Gasteiger partial charge on any atom is 0.275 e. The van der Waals surface area contributed by atoms with Crippen LogP contribution in [0, 0.1) is 17.0 Å². The molecule has 2 amide bonds. The smallest absolute Gasteiger partial charge is 0.275 e. The van der Waals surface area contributed by atoms with Crippen molar-refractivity contribution in [2.45, 2.75) is 51.5 Å². The summed E-state index contributed by atoms with van der Waals surface area (Å²) in [5.41, 5.74) is 0.185. The van der Waals surface area contributed by atoms with Crippen molar-refractivity contribution in [3.63, 3.8) is 0 Å². The van der Waals surface area contributed by atoms with Gasteiger partial charge in [0.05, 0.1) is 11.9 Å². The summed E-state index contributed by atoms with van der Waals surface area (Å²) in [6.45, 7) is 9.07. The Labute approximate surface area is 191 Å². The van der Waals surface area contributed by atoms with E-state index in [4.69, 9.17) is 4.98 Å². The first kappa shape index (κ1) is 21.7. The molecule has 174 valence electrons. The van der Waals surface area contributed by atoms with Gasteiger partial charge in [0.25, 0.3) is 5.91 Å². The number of carbonyl (C=O) groups excluding carboxylic acids is 2. The second-order valence-corrected chi connectivity index (χ2v) is 10.7. The van der Waals surface area contributed by atoms with Crippen LogP contribution in [0.2, 0.25) is 0 Å². The van der Waals surface area contributed by atoms with Gasteiger partial charge in [-0.25, -0.2) is 18.7 Å². The summed E-state index contributed by atoms with van der Waals surface area (Å²) in [6, 6.07) is 3.80. The molecule has 7 nitrogen and oxygen atoms in total. The molecule has 1 N–H and O–H groups in total. The van der Waals surface area contributed by atoms with Crippen molar-refractivity contribution in [2.75, 3.05) is 24.5 Å². The second-order valence-electron chi connectivity index (χ2n) is 10.7. The highest BCUT2D eigenvalue weighted by atomic mass is 19.2. The van der Waals surface area contributed by atoms with Gasteiger partial charge in [0.2, 0.25) is 5.91 Å². The van der Waals surface area contributed by atoms with Gasteiger partial charge in [-0.05, 0) is 44.2 Å². The van der Waals surface area contributed by atoms with Crippen molar-refractivity contribution >= 4 is 23.3 Å². The minimum Gasteiger partial charge on any atom is -0.352 e. The Kier molecular flexibility index (Phi) is 4.58. The first-order chi connectivity index (χ1) is 15.4. The van der Waals surface area contributed by atoms with Crippen LogP contribution in [0.1, 0.15) is 56.7 Å². The lowest BCUT2D eigenvalue weighted by atomic mass is 9.54. The van der Waals surface area contributed by atoms with E-state index in [0.29, 0.717) is 36.8 Å². The topological polar surface area (TPSA) is 78.4 Å². The normalized spacial score (nSPS) is 22.1. The van der Waals surface area contributed by atoms with Crippen LogP contribution in [0.4, 0.5) is 20.3 Å². The number of anilines is 2. The highest BCUT2D eigenvalue weighted by Crippen LogP contribution is 2.60. The molecule has 1 aromatic heterocycles. The fourth-order valence-corrected chi connectivity index (χ4v) is 5.81. The first-order valence-electron chi connectivity index (χ1n) is 11.1. The molecule has 3 heterocycles. The molecule has 3 aliphatic rings. The first-order valence-corrected chi connectivity index (χ1v) is 11.1. The van der Waals surface area contributed by atoms with Crippen LogP contribution < -0.4 is 10.2 Å². The third kappa shape index (κ3) is 3.28. The van der Waals surface area contributed by atoms with Crippen LogP contribution in [-0.4, -0.2) is 51.9 Å². The maximum absolute atomic E-state index is 14.0. The average molecular weight is 456 g/mol. The zero-order valence-electron chi connectivity index (χ0n) is 19.2. The number of hydrogen-bond donors (Lipinski definition) is 1. The third-order valence-electron chi connectivity index (χ3n) is 7.14. The van der Waals surface area contributed by atoms with Gasteiger partial charge in [0.1, 0.15) is 11.2 Å². The van der Waals surface area contributed by atoms with Gasteiger partial charge in [0.15, 0.2) is 17.5 Å². The summed E-state index contributed by atoms with van der Waals surface area (Å²) in [5, 5.41) is 2.79. The Hall–Kier alpha value is -3.10. The van der Waals surface area contributed by atoms with Crippen LogP contribution in [0.15, 0.2) is 24.4 Å². The minimum atomic E-state index is -0.996. The second kappa shape index (κ2) is 6.95. The summed E-state index contributed by atoms with van der Waals surface area (Å²) in [4.78, 5) is 38.4. The molecule has 0 unspecified atom stereocenters. The number of fused-ring (bicyclic) bond motifs is 2. The Morgan fingerprint density at radius 3 is 2.52 bits per heavy atom. The van der Waals surface area contributed by atoms with Crippen molar-refractivity contribution in [1.82, 2.24) is 20.2 Å². The number of benzene rings is 1. The van der Waals surface area contributed by atoms with Crippen molar-refractivity contribution in [3.05, 3.63) is 47.4 Å². The summed E-state index contributed by atoms with van der Waals surface area (Å²) < 4.78 is 27.5. The predicted octanol–water partition coefficient (Wildman–Crippen LogP) is 3.31. The molecule has 33 heavy (non-hydrogen) atoms. The molecule has 1 spiro atoms. The van der Waals surface area contributed by atoms with Crippen LogP contribution in [0.25, 0.3) is 0 Å². The zero-order chi connectivity index (χ0) is 23.8. The highest BCUT2D eigenvalue weighted by Gasteiger charge is 2.57. The van der Waals surface area contributed by atoms with E-state index in [1.165, 1.54) is 17.2 Å². The number of nitrogens with one attached hydrogen (secondary N) is 1. The van der Waals surface area contributed by atoms with Gasteiger partial charge < -0.3 is 15.1 Å². The number of aromatic nitrogens is 2. The van der Waals surface area contributed by atoms with Gasteiger partial charge in [-0.3, -0.25) is 9.59 Å². The minimum absolute atomic E-state index is 0.107. The molecule has 5 rings (SSSR count). The summed E-state index contributed by atoms with van der Waals surface area (Å²) in [5.74, 6) is -1.82. The summed E-state index contributed by atoms with van der Waals surface area (Å²) in [6.07, 6.45) is 3.10. The van der Waals surface area contributed by atoms with E-state index in [1.54, 1.807) is 13.8 Å². The lowest BCUT2D eigenvalue weighted by Crippen LogP contribution is -2.63. The number of nitrogens with zero attached hydrogens (tertiary/aromatic N) is 4. The van der Waals surface area contributed by atoms with Gasteiger partial charge in [-0.2, -0.15) is 0 Å². The standard InChI is InChI=1S/C24H27F2N5O2/c1-22(2)11-24(12-22)13-30(14-5-6-15(25)16(26)9-14)19-18(24)29-17(10-28-19)20(32)31-8-7-27-21(33)23(31,3)4/h5-6,9-10H,7-8,11-13H2,1-4H3,(H,27,33). The number of piperazine rings is 1. The zero-order valence-corrected chi connectivity index (χ0v) is 19.2. The molecule has 2 aliphatic heterocycles. The molecule has 1 aromatic carbocycles. The van der Waals surface area contributed by atoms with Gasteiger partial charge >= 0.3 is 0 Å². The van der Waals surface area contributed by atoms with E-state index in [1.807, 2.05) is 4.90 Å².